The van der Waals surface area contributed by atoms with Crippen molar-refractivity contribution in [1.82, 2.24) is 15.0 Å². The summed E-state index contributed by atoms with van der Waals surface area (Å²) in [7, 11) is 0. The van der Waals surface area contributed by atoms with Crippen molar-refractivity contribution in [3.05, 3.63) is 66.4 Å². The van der Waals surface area contributed by atoms with E-state index in [2.05, 4.69) is 19.9 Å². The van der Waals surface area contributed by atoms with Crippen molar-refractivity contribution in [3.63, 3.8) is 0 Å². The number of fused-ring (bicyclic) bond motifs is 1. The second kappa shape index (κ2) is 7.36. The number of carbonyl (C=O) groups is 1. The van der Waals surface area contributed by atoms with E-state index in [1.807, 2.05) is 42.5 Å². The first-order chi connectivity index (χ1) is 13.6. The van der Waals surface area contributed by atoms with Gasteiger partial charge in [0.05, 0.1) is 12.5 Å². The number of imidazole rings is 1. The lowest BCUT2D eigenvalue weighted by molar-refractivity contribution is -0.138. The molecule has 0 unspecified atom stereocenters. The topological polar surface area (TPSA) is 125 Å². The van der Waals surface area contributed by atoms with Gasteiger partial charge in [0, 0.05) is 23.9 Å². The van der Waals surface area contributed by atoms with Crippen LogP contribution in [0.4, 0.5) is 0 Å². The lowest BCUT2D eigenvalue weighted by Gasteiger charge is -2.04. The van der Waals surface area contributed by atoms with Crippen LogP contribution in [0.25, 0.3) is 22.2 Å². The number of aliphatic imine (C=N–C) groups is 1. The van der Waals surface area contributed by atoms with E-state index in [1.165, 1.54) is 18.7 Å². The van der Waals surface area contributed by atoms with Gasteiger partial charge in [-0.25, -0.2) is 14.8 Å². The number of aliphatic carboxylic acids is 1. The van der Waals surface area contributed by atoms with Crippen molar-refractivity contribution in [2.24, 2.45) is 4.99 Å². The molecule has 2 aromatic heterocycles. The summed E-state index contributed by atoms with van der Waals surface area (Å²) in [6, 6.07) is 12.5. The van der Waals surface area contributed by atoms with Gasteiger partial charge in [-0.05, 0) is 22.9 Å². The number of aromatic hydroxyl groups is 1. The predicted octanol–water partition coefficient (Wildman–Crippen LogP) is 3.04. The van der Waals surface area contributed by atoms with Crippen LogP contribution in [0.5, 0.6) is 5.95 Å². The molecule has 0 aliphatic heterocycles. The van der Waals surface area contributed by atoms with E-state index in [0.717, 1.165) is 10.8 Å². The standard InChI is InChI=1S/C20H16N4O4/c25-19(26)16(8-15-9-21-11-23-15)22-10-17-20(27)28-18(24-17)14-6-5-12-3-1-2-4-13(12)7-14/h1-7,9-11,16,27H,8H2,(H,21,23)(H,25,26)/t16-/m0/s1. The molecule has 1 atom stereocenters. The molecule has 4 aromatic rings. The minimum Gasteiger partial charge on any atom is -0.480 e. The van der Waals surface area contributed by atoms with Crippen LogP contribution in [0.3, 0.4) is 0 Å². The van der Waals surface area contributed by atoms with Crippen LogP contribution in [0.2, 0.25) is 0 Å². The van der Waals surface area contributed by atoms with E-state index in [1.54, 1.807) is 0 Å². The molecule has 0 bridgehead atoms. The van der Waals surface area contributed by atoms with Gasteiger partial charge >= 0.3 is 11.9 Å². The molecule has 28 heavy (non-hydrogen) atoms. The first kappa shape index (κ1) is 17.5. The maximum atomic E-state index is 11.4. The number of carboxylic acids is 1. The third-order valence-electron chi connectivity index (χ3n) is 4.26. The zero-order valence-corrected chi connectivity index (χ0v) is 14.6. The number of oxazole rings is 1. The quantitative estimate of drug-likeness (QED) is 0.444. The zero-order valence-electron chi connectivity index (χ0n) is 14.6. The summed E-state index contributed by atoms with van der Waals surface area (Å²) in [6.07, 6.45) is 4.36. The highest BCUT2D eigenvalue weighted by Crippen LogP contribution is 2.28. The number of benzene rings is 2. The van der Waals surface area contributed by atoms with Gasteiger partial charge in [-0.15, -0.1) is 0 Å². The van der Waals surface area contributed by atoms with Gasteiger partial charge in [0.25, 0.3) is 0 Å². The van der Waals surface area contributed by atoms with Crippen LogP contribution >= 0.6 is 0 Å². The number of hydrogen-bond acceptors (Lipinski definition) is 6. The van der Waals surface area contributed by atoms with Gasteiger partial charge in [0.15, 0.2) is 11.7 Å². The Hall–Kier alpha value is -3.94. The molecule has 8 heteroatoms. The predicted molar refractivity (Wildman–Crippen MR) is 102 cm³/mol. The number of nitrogens with zero attached hydrogens (tertiary/aromatic N) is 3. The van der Waals surface area contributed by atoms with Crippen molar-refractivity contribution in [2.75, 3.05) is 0 Å². The van der Waals surface area contributed by atoms with Gasteiger partial charge < -0.3 is 19.6 Å². The number of H-pyrrole nitrogens is 1. The number of carboxylic acid groups (broad SMARTS) is 1. The minimum atomic E-state index is -1.09. The highest BCUT2D eigenvalue weighted by molar-refractivity contribution is 5.87. The fourth-order valence-corrected chi connectivity index (χ4v) is 2.82. The van der Waals surface area contributed by atoms with Crippen molar-refractivity contribution in [2.45, 2.75) is 12.5 Å². The van der Waals surface area contributed by atoms with Crippen LogP contribution in [0.15, 0.2) is 64.4 Å². The van der Waals surface area contributed by atoms with Crippen molar-refractivity contribution in [1.29, 1.82) is 0 Å². The van der Waals surface area contributed by atoms with Gasteiger partial charge in [0.1, 0.15) is 0 Å². The van der Waals surface area contributed by atoms with E-state index in [4.69, 9.17) is 4.42 Å². The van der Waals surface area contributed by atoms with Crippen LogP contribution in [0, 0.1) is 0 Å². The Balaban J connectivity index is 1.59. The number of aromatic nitrogens is 3. The monoisotopic (exact) mass is 376 g/mol. The molecule has 0 aliphatic rings. The van der Waals surface area contributed by atoms with E-state index in [-0.39, 0.29) is 18.0 Å². The Morgan fingerprint density at radius 2 is 2.07 bits per heavy atom. The average Bonchev–Trinajstić information content (AvgIpc) is 3.34. The molecule has 2 heterocycles. The molecule has 0 radical (unpaired) electrons. The maximum absolute atomic E-state index is 11.4. The molecule has 0 saturated carbocycles. The molecule has 2 aromatic carbocycles. The Morgan fingerprint density at radius 1 is 1.25 bits per heavy atom. The maximum Gasteiger partial charge on any atom is 0.328 e. The number of rotatable bonds is 6. The Morgan fingerprint density at radius 3 is 2.82 bits per heavy atom. The van der Waals surface area contributed by atoms with E-state index in [9.17, 15) is 15.0 Å². The van der Waals surface area contributed by atoms with Crippen LogP contribution in [-0.4, -0.2) is 43.4 Å². The fraction of sp³-hybridized carbons (Fsp3) is 0.100. The van der Waals surface area contributed by atoms with Gasteiger partial charge in [0.2, 0.25) is 5.89 Å². The molecule has 0 aliphatic carbocycles. The molecule has 140 valence electrons. The van der Waals surface area contributed by atoms with E-state index >= 15 is 0 Å². The molecular formula is C20H16N4O4. The smallest absolute Gasteiger partial charge is 0.328 e. The highest BCUT2D eigenvalue weighted by Gasteiger charge is 2.18. The van der Waals surface area contributed by atoms with Crippen molar-refractivity contribution in [3.8, 4) is 17.4 Å². The Labute approximate surface area is 159 Å². The van der Waals surface area contributed by atoms with E-state index in [0.29, 0.717) is 11.3 Å². The molecule has 0 saturated heterocycles. The molecule has 3 N–H and O–H groups in total. The summed E-state index contributed by atoms with van der Waals surface area (Å²) in [6.45, 7) is 0. The van der Waals surface area contributed by atoms with Gasteiger partial charge in [-0.2, -0.15) is 0 Å². The first-order valence-electron chi connectivity index (χ1n) is 8.52. The highest BCUT2D eigenvalue weighted by atomic mass is 16.5. The van der Waals surface area contributed by atoms with E-state index < -0.39 is 18.0 Å². The molecule has 0 fully saturated rings. The van der Waals surface area contributed by atoms with Crippen molar-refractivity contribution >= 4 is 23.0 Å². The summed E-state index contributed by atoms with van der Waals surface area (Å²) in [5.74, 6) is -1.29. The third-order valence-corrected chi connectivity index (χ3v) is 4.26. The van der Waals surface area contributed by atoms with Crippen LogP contribution in [0.1, 0.15) is 11.4 Å². The third kappa shape index (κ3) is 3.61. The summed E-state index contributed by atoms with van der Waals surface area (Å²) in [5, 5.41) is 21.5. The van der Waals surface area contributed by atoms with Crippen molar-refractivity contribution < 1.29 is 19.4 Å². The molecule has 8 nitrogen and oxygen atoms in total. The Bertz CT molecular complexity index is 1150. The summed E-state index contributed by atoms with van der Waals surface area (Å²) < 4.78 is 5.34. The van der Waals surface area contributed by atoms with Crippen LogP contribution in [-0.2, 0) is 11.2 Å². The summed E-state index contributed by atoms with van der Waals surface area (Å²) >= 11 is 0. The average molecular weight is 376 g/mol. The Kier molecular flexibility index (Phi) is 4.59. The molecule has 0 amide bonds. The fourth-order valence-electron chi connectivity index (χ4n) is 2.82. The summed E-state index contributed by atoms with van der Waals surface area (Å²) in [4.78, 5) is 26.4. The van der Waals surface area contributed by atoms with Crippen LogP contribution < -0.4 is 0 Å². The molecular weight excluding hydrogens is 360 g/mol. The largest absolute Gasteiger partial charge is 0.480 e. The molecule has 4 rings (SSSR count). The number of aromatic amines is 1. The van der Waals surface area contributed by atoms with Gasteiger partial charge in [-0.1, -0.05) is 30.3 Å². The minimum absolute atomic E-state index is 0.0685. The number of hydrogen-bond donors (Lipinski definition) is 3. The normalized spacial score (nSPS) is 12.6. The lowest BCUT2D eigenvalue weighted by Crippen LogP contribution is -2.21. The van der Waals surface area contributed by atoms with Gasteiger partial charge in [-0.3, -0.25) is 4.99 Å². The SMILES string of the molecule is O=C(O)[C@H](Cc1cnc[nH]1)N=Cc1nc(-c2ccc3ccccc3c2)oc1O. The second-order valence-electron chi connectivity index (χ2n) is 6.18. The first-order valence-corrected chi connectivity index (χ1v) is 8.52. The second-order valence-corrected chi connectivity index (χ2v) is 6.18. The zero-order chi connectivity index (χ0) is 19.5. The molecule has 0 spiro atoms. The lowest BCUT2D eigenvalue weighted by atomic mass is 10.1. The number of nitrogens with one attached hydrogen (secondary N) is 1. The summed E-state index contributed by atoms with van der Waals surface area (Å²) in [5.41, 5.74) is 1.41.